The largest absolute Gasteiger partial charge is 0.508 e. The predicted molar refractivity (Wildman–Crippen MR) is 107 cm³/mol. The van der Waals surface area contributed by atoms with Crippen LogP contribution in [0.3, 0.4) is 0 Å². The van der Waals surface area contributed by atoms with Gasteiger partial charge in [0.15, 0.2) is 0 Å². The molecular formula is C21H23NO3S. The maximum atomic E-state index is 11.8. The highest BCUT2D eigenvalue weighted by Gasteiger charge is 2.09. The first-order valence-corrected chi connectivity index (χ1v) is 9.83. The molecule has 0 aliphatic carbocycles. The van der Waals surface area contributed by atoms with Gasteiger partial charge in [-0.1, -0.05) is 25.1 Å². The molecule has 3 aromatic rings. The van der Waals surface area contributed by atoms with Crippen molar-refractivity contribution in [2.45, 2.75) is 31.2 Å². The molecule has 1 aromatic heterocycles. The molecule has 0 saturated heterocycles. The number of fused-ring (bicyclic) bond motifs is 1. The number of aromatic hydroxyl groups is 1. The highest BCUT2D eigenvalue weighted by atomic mass is 32.2. The maximum Gasteiger partial charge on any atom is 0.336 e. The van der Waals surface area contributed by atoms with Crippen molar-refractivity contribution in [2.24, 2.45) is 0 Å². The minimum absolute atomic E-state index is 0.172. The van der Waals surface area contributed by atoms with Gasteiger partial charge in [-0.25, -0.2) is 4.79 Å². The van der Waals surface area contributed by atoms with Crippen LogP contribution in [0, 0.1) is 0 Å². The summed E-state index contributed by atoms with van der Waals surface area (Å²) in [5.41, 5.74) is 1.80. The zero-order chi connectivity index (χ0) is 18.4. The second kappa shape index (κ2) is 8.92. The molecule has 3 rings (SSSR count). The van der Waals surface area contributed by atoms with E-state index in [1.165, 1.54) is 17.0 Å². The summed E-state index contributed by atoms with van der Waals surface area (Å²) in [6.07, 6.45) is 1.77. The lowest BCUT2D eigenvalue weighted by Gasteiger charge is -2.10. The molecule has 0 unspecified atom stereocenters. The van der Waals surface area contributed by atoms with Gasteiger partial charge < -0.3 is 14.8 Å². The summed E-state index contributed by atoms with van der Waals surface area (Å²) in [6.45, 7) is 3.47. The smallest absolute Gasteiger partial charge is 0.336 e. The van der Waals surface area contributed by atoms with Gasteiger partial charge >= 0.3 is 5.63 Å². The first-order valence-electron chi connectivity index (χ1n) is 8.84. The average Bonchev–Trinajstić information content (AvgIpc) is 2.64. The second-order valence-corrected chi connectivity index (χ2v) is 7.28. The third-order valence-electron chi connectivity index (χ3n) is 4.24. The van der Waals surface area contributed by atoms with Crippen LogP contribution in [0.2, 0.25) is 0 Å². The number of phenolic OH excluding ortho intramolecular Hbond substituents is 1. The topological polar surface area (TPSA) is 62.5 Å². The Hall–Kier alpha value is -2.24. The number of rotatable bonds is 8. The Labute approximate surface area is 157 Å². The molecule has 26 heavy (non-hydrogen) atoms. The number of phenols is 1. The zero-order valence-electron chi connectivity index (χ0n) is 14.8. The van der Waals surface area contributed by atoms with Crippen LogP contribution in [0.1, 0.15) is 24.5 Å². The summed E-state index contributed by atoms with van der Waals surface area (Å²) < 4.78 is 5.23. The van der Waals surface area contributed by atoms with Crippen LogP contribution in [0.25, 0.3) is 11.0 Å². The van der Waals surface area contributed by atoms with Crippen LogP contribution in [-0.2, 0) is 13.0 Å². The summed E-state index contributed by atoms with van der Waals surface area (Å²) in [6, 6.07) is 15.3. The Morgan fingerprint density at radius 2 is 1.92 bits per heavy atom. The van der Waals surface area contributed by atoms with E-state index in [0.29, 0.717) is 12.1 Å². The van der Waals surface area contributed by atoms with Gasteiger partial charge in [0.05, 0.1) is 0 Å². The molecule has 4 nitrogen and oxygen atoms in total. The molecule has 136 valence electrons. The molecule has 0 spiro atoms. The van der Waals surface area contributed by atoms with Crippen molar-refractivity contribution in [1.29, 1.82) is 0 Å². The number of benzene rings is 2. The summed E-state index contributed by atoms with van der Waals surface area (Å²) in [7, 11) is 0. The van der Waals surface area contributed by atoms with Gasteiger partial charge in [0, 0.05) is 29.0 Å². The summed E-state index contributed by atoms with van der Waals surface area (Å²) in [5.74, 6) is 1.22. The Kier molecular flexibility index (Phi) is 6.36. The quantitative estimate of drug-likeness (QED) is 0.351. The Balaban J connectivity index is 1.59. The number of nitrogens with one attached hydrogen (secondary N) is 1. The first-order chi connectivity index (χ1) is 12.7. The summed E-state index contributed by atoms with van der Waals surface area (Å²) >= 11 is 1.85. The molecule has 2 N–H and O–H groups in total. The van der Waals surface area contributed by atoms with E-state index in [2.05, 4.69) is 29.6 Å². The minimum atomic E-state index is -0.391. The molecule has 0 fully saturated rings. The molecule has 1 heterocycles. The Morgan fingerprint density at radius 1 is 1.12 bits per heavy atom. The van der Waals surface area contributed by atoms with Gasteiger partial charge in [0.25, 0.3) is 0 Å². The monoisotopic (exact) mass is 369 g/mol. The van der Waals surface area contributed by atoms with E-state index in [4.69, 9.17) is 4.42 Å². The molecule has 0 radical (unpaired) electrons. The summed E-state index contributed by atoms with van der Waals surface area (Å²) in [4.78, 5) is 13.1. The van der Waals surface area contributed by atoms with Crippen molar-refractivity contribution in [3.8, 4) is 5.75 Å². The fraction of sp³-hybridized carbons (Fsp3) is 0.286. The Bertz CT molecular complexity index is 922. The number of hydrogen-bond acceptors (Lipinski definition) is 5. The fourth-order valence-electron chi connectivity index (χ4n) is 2.86. The molecule has 0 aliphatic heterocycles. The summed E-state index contributed by atoms with van der Waals surface area (Å²) in [5, 5.41) is 14.3. The average molecular weight is 369 g/mol. The molecule has 0 atom stereocenters. The van der Waals surface area contributed by atoms with Crippen molar-refractivity contribution in [3.05, 3.63) is 70.1 Å². The highest BCUT2D eigenvalue weighted by Crippen LogP contribution is 2.27. The van der Waals surface area contributed by atoms with Gasteiger partial charge in [0.2, 0.25) is 0 Å². The van der Waals surface area contributed by atoms with Crippen molar-refractivity contribution >= 4 is 22.7 Å². The van der Waals surface area contributed by atoms with Crippen LogP contribution in [0.15, 0.2) is 62.6 Å². The lowest BCUT2D eigenvalue weighted by molar-refractivity contribution is 0.466. The lowest BCUT2D eigenvalue weighted by Crippen LogP contribution is -2.17. The van der Waals surface area contributed by atoms with E-state index in [9.17, 15) is 9.90 Å². The van der Waals surface area contributed by atoms with Gasteiger partial charge in [-0.2, -0.15) is 0 Å². The SMILES string of the molecule is CCc1cc2c(CNCCCSc3ccccc3)cc(=O)oc2cc1O. The van der Waals surface area contributed by atoms with E-state index in [1.807, 2.05) is 30.8 Å². The molecule has 0 bridgehead atoms. The van der Waals surface area contributed by atoms with Crippen LogP contribution in [0.4, 0.5) is 0 Å². The van der Waals surface area contributed by atoms with Crippen LogP contribution in [0.5, 0.6) is 5.75 Å². The van der Waals surface area contributed by atoms with E-state index in [0.717, 1.165) is 41.7 Å². The predicted octanol–water partition coefficient (Wildman–Crippen LogP) is 4.33. The van der Waals surface area contributed by atoms with Crippen molar-refractivity contribution in [2.75, 3.05) is 12.3 Å². The van der Waals surface area contributed by atoms with Gasteiger partial charge in [-0.3, -0.25) is 0 Å². The normalized spacial score (nSPS) is 11.1. The van der Waals surface area contributed by atoms with Crippen molar-refractivity contribution in [3.63, 3.8) is 0 Å². The molecular weight excluding hydrogens is 346 g/mol. The lowest BCUT2D eigenvalue weighted by atomic mass is 10.0. The molecule has 2 aromatic carbocycles. The first kappa shape index (κ1) is 18.5. The molecule has 0 amide bonds. The molecule has 5 heteroatoms. The number of thioether (sulfide) groups is 1. The standard InChI is InChI=1S/C21H23NO3S/c1-2-15-11-18-16(12-21(24)25-20(18)13-19(15)23)14-22-9-6-10-26-17-7-4-3-5-8-17/h3-5,7-8,11-13,22-23H,2,6,9-10,14H2,1H3. The third kappa shape index (κ3) is 4.68. The van der Waals surface area contributed by atoms with Crippen LogP contribution < -0.4 is 10.9 Å². The van der Waals surface area contributed by atoms with Crippen molar-refractivity contribution in [1.82, 2.24) is 5.32 Å². The number of hydrogen-bond donors (Lipinski definition) is 2. The van der Waals surface area contributed by atoms with Crippen LogP contribution in [-0.4, -0.2) is 17.4 Å². The second-order valence-electron chi connectivity index (χ2n) is 6.11. The van der Waals surface area contributed by atoms with Gasteiger partial charge in [0.1, 0.15) is 11.3 Å². The zero-order valence-corrected chi connectivity index (χ0v) is 15.6. The van der Waals surface area contributed by atoms with E-state index in [1.54, 1.807) is 0 Å². The minimum Gasteiger partial charge on any atom is -0.508 e. The third-order valence-corrected chi connectivity index (χ3v) is 5.33. The van der Waals surface area contributed by atoms with E-state index in [-0.39, 0.29) is 5.75 Å². The molecule has 0 saturated carbocycles. The number of aryl methyl sites for hydroxylation is 1. The maximum absolute atomic E-state index is 11.8. The van der Waals surface area contributed by atoms with E-state index < -0.39 is 5.63 Å². The highest BCUT2D eigenvalue weighted by molar-refractivity contribution is 7.99. The fourth-order valence-corrected chi connectivity index (χ4v) is 3.74. The van der Waals surface area contributed by atoms with E-state index >= 15 is 0 Å². The Morgan fingerprint density at radius 3 is 2.69 bits per heavy atom. The van der Waals surface area contributed by atoms with Gasteiger partial charge in [-0.05, 0) is 54.5 Å². The van der Waals surface area contributed by atoms with Gasteiger partial charge in [-0.15, -0.1) is 11.8 Å². The molecule has 0 aliphatic rings. The van der Waals surface area contributed by atoms with Crippen LogP contribution >= 0.6 is 11.8 Å². The van der Waals surface area contributed by atoms with Crippen molar-refractivity contribution < 1.29 is 9.52 Å².